The van der Waals surface area contributed by atoms with E-state index in [1.54, 1.807) is 6.92 Å². The minimum absolute atomic E-state index is 0.0361. The van der Waals surface area contributed by atoms with E-state index >= 15 is 0 Å². The summed E-state index contributed by atoms with van der Waals surface area (Å²) in [5, 5.41) is 0.302. The average Bonchev–Trinajstić information content (AvgIpc) is 3.07. The van der Waals surface area contributed by atoms with E-state index in [-0.39, 0.29) is 11.3 Å². The first-order valence-electron chi connectivity index (χ1n) is 8.24. The van der Waals surface area contributed by atoms with Gasteiger partial charge in [0.1, 0.15) is 11.5 Å². The smallest absolute Gasteiger partial charge is 0.232 e. The molecule has 6 nitrogen and oxygen atoms in total. The highest BCUT2D eigenvalue weighted by molar-refractivity contribution is 7.92. The SMILES string of the molecule is C#Cc1cnc2[nH]cc(C(=O)c3c(F)ccc(NS(=O)(=O)CCC)c3F)c2c1. The minimum Gasteiger partial charge on any atom is -0.345 e. The van der Waals surface area contributed by atoms with Crippen molar-refractivity contribution in [2.45, 2.75) is 13.3 Å². The van der Waals surface area contributed by atoms with Crippen LogP contribution in [0.1, 0.15) is 34.8 Å². The molecule has 0 aliphatic carbocycles. The molecular formula is C19H15F2N3O3S. The quantitative estimate of drug-likeness (QED) is 0.488. The number of ketones is 1. The molecule has 2 N–H and O–H groups in total. The van der Waals surface area contributed by atoms with Crippen molar-refractivity contribution in [2.24, 2.45) is 0 Å². The van der Waals surface area contributed by atoms with Gasteiger partial charge >= 0.3 is 0 Å². The molecule has 9 heteroatoms. The van der Waals surface area contributed by atoms with Crippen molar-refractivity contribution >= 4 is 32.5 Å². The molecule has 2 aromatic heterocycles. The lowest BCUT2D eigenvalue weighted by atomic mass is 10.0. The van der Waals surface area contributed by atoms with E-state index in [0.717, 1.165) is 12.1 Å². The summed E-state index contributed by atoms with van der Waals surface area (Å²) in [6, 6.07) is 3.26. The van der Waals surface area contributed by atoms with Gasteiger partial charge in [0.05, 0.1) is 17.0 Å². The lowest BCUT2D eigenvalue weighted by Gasteiger charge is -2.11. The van der Waals surface area contributed by atoms with Crippen LogP contribution in [0.4, 0.5) is 14.5 Å². The van der Waals surface area contributed by atoms with E-state index in [9.17, 15) is 22.0 Å². The van der Waals surface area contributed by atoms with E-state index < -0.39 is 38.7 Å². The zero-order chi connectivity index (χ0) is 20.5. The van der Waals surface area contributed by atoms with Gasteiger partial charge in [0, 0.05) is 28.9 Å². The number of nitrogens with zero attached hydrogens (tertiary/aromatic N) is 1. The average molecular weight is 403 g/mol. The first kappa shape index (κ1) is 19.5. The molecule has 0 aliphatic rings. The predicted molar refractivity (Wildman–Crippen MR) is 102 cm³/mol. The molecule has 3 rings (SSSR count). The zero-order valence-electron chi connectivity index (χ0n) is 14.7. The standard InChI is InChI=1S/C19H15F2N3O3S/c1-3-7-28(26,27)24-15-6-5-14(20)16(17(15)21)18(25)13-10-23-19-12(13)8-11(4-2)9-22-19/h2,5-6,8-10,24H,3,7H2,1H3,(H,22,23). The van der Waals surface area contributed by atoms with Crippen LogP contribution < -0.4 is 4.72 Å². The number of fused-ring (bicyclic) bond motifs is 1. The van der Waals surface area contributed by atoms with Crippen molar-refractivity contribution in [1.29, 1.82) is 0 Å². The Hall–Kier alpha value is -3.25. The Bertz CT molecular complexity index is 1230. The van der Waals surface area contributed by atoms with Crippen LogP contribution in [0.5, 0.6) is 0 Å². The van der Waals surface area contributed by atoms with Crippen molar-refractivity contribution in [3.8, 4) is 12.3 Å². The summed E-state index contributed by atoms with van der Waals surface area (Å²) in [6.45, 7) is 1.64. The number of aromatic amines is 1. The van der Waals surface area contributed by atoms with E-state index in [1.807, 2.05) is 4.72 Å². The Balaban J connectivity index is 2.10. The van der Waals surface area contributed by atoms with E-state index in [1.165, 1.54) is 18.5 Å². The highest BCUT2D eigenvalue weighted by Crippen LogP contribution is 2.27. The molecule has 0 fully saturated rings. The first-order chi connectivity index (χ1) is 13.3. The maximum absolute atomic E-state index is 14.8. The Kier molecular flexibility index (Phi) is 5.16. The molecule has 2 heterocycles. The van der Waals surface area contributed by atoms with Crippen molar-refractivity contribution in [1.82, 2.24) is 9.97 Å². The third-order valence-electron chi connectivity index (χ3n) is 4.00. The fraction of sp³-hybridized carbons (Fsp3) is 0.158. The van der Waals surface area contributed by atoms with E-state index in [4.69, 9.17) is 6.42 Å². The number of carbonyl (C=O) groups is 1. The van der Waals surface area contributed by atoms with Crippen molar-refractivity contribution in [3.05, 3.63) is 58.9 Å². The number of carbonyl (C=O) groups excluding carboxylic acids is 1. The van der Waals surface area contributed by atoms with Crippen LogP contribution in [0, 0.1) is 24.0 Å². The van der Waals surface area contributed by atoms with E-state index in [2.05, 4.69) is 15.9 Å². The second-order valence-corrected chi connectivity index (χ2v) is 7.84. The van der Waals surface area contributed by atoms with Gasteiger partial charge in [-0.15, -0.1) is 6.42 Å². The van der Waals surface area contributed by atoms with Crippen molar-refractivity contribution in [2.75, 3.05) is 10.5 Å². The fourth-order valence-electron chi connectivity index (χ4n) is 2.73. The van der Waals surface area contributed by atoms with Crippen LogP contribution in [0.15, 0.2) is 30.6 Å². The summed E-state index contributed by atoms with van der Waals surface area (Å²) in [5.41, 5.74) is -0.693. The maximum atomic E-state index is 14.8. The largest absolute Gasteiger partial charge is 0.345 e. The van der Waals surface area contributed by atoms with Gasteiger partial charge in [-0.3, -0.25) is 9.52 Å². The highest BCUT2D eigenvalue weighted by Gasteiger charge is 2.25. The molecule has 0 saturated carbocycles. The van der Waals surface area contributed by atoms with Gasteiger partial charge in [0.2, 0.25) is 15.8 Å². The molecule has 0 aliphatic heterocycles. The third-order valence-corrected chi connectivity index (χ3v) is 5.48. The molecule has 0 amide bonds. The van der Waals surface area contributed by atoms with Crippen molar-refractivity contribution in [3.63, 3.8) is 0 Å². The monoisotopic (exact) mass is 403 g/mol. The Morgan fingerprint density at radius 1 is 1.36 bits per heavy atom. The molecular weight excluding hydrogens is 388 g/mol. The molecule has 0 atom stereocenters. The van der Waals surface area contributed by atoms with Gasteiger partial charge in [0.15, 0.2) is 5.82 Å². The number of nitrogens with one attached hydrogen (secondary N) is 2. The highest BCUT2D eigenvalue weighted by atomic mass is 32.2. The summed E-state index contributed by atoms with van der Waals surface area (Å²) in [7, 11) is -3.82. The van der Waals surface area contributed by atoms with Gasteiger partial charge in [-0.2, -0.15) is 0 Å². The van der Waals surface area contributed by atoms with Crippen LogP contribution in [0.3, 0.4) is 0 Å². The zero-order valence-corrected chi connectivity index (χ0v) is 15.5. The maximum Gasteiger partial charge on any atom is 0.232 e. The molecule has 0 spiro atoms. The molecule has 0 bridgehead atoms. The van der Waals surface area contributed by atoms with Gasteiger partial charge < -0.3 is 4.98 Å². The van der Waals surface area contributed by atoms with Gasteiger partial charge in [-0.05, 0) is 24.6 Å². The van der Waals surface area contributed by atoms with Crippen LogP contribution in [-0.4, -0.2) is 29.9 Å². The molecule has 0 saturated heterocycles. The minimum atomic E-state index is -3.82. The topological polar surface area (TPSA) is 91.9 Å². The second kappa shape index (κ2) is 7.40. The molecule has 144 valence electrons. The number of hydrogen-bond acceptors (Lipinski definition) is 4. The number of H-pyrrole nitrogens is 1. The molecule has 3 aromatic rings. The predicted octanol–water partition coefficient (Wildman–Crippen LogP) is 3.21. The van der Waals surface area contributed by atoms with Gasteiger partial charge in [-0.25, -0.2) is 22.2 Å². The van der Waals surface area contributed by atoms with Gasteiger partial charge in [-0.1, -0.05) is 12.8 Å². The number of sulfonamides is 1. The second-order valence-electron chi connectivity index (χ2n) is 6.00. The van der Waals surface area contributed by atoms with E-state index in [0.29, 0.717) is 23.0 Å². The Labute approximate surface area is 160 Å². The lowest BCUT2D eigenvalue weighted by molar-refractivity contribution is 0.103. The van der Waals surface area contributed by atoms with Crippen LogP contribution in [0.25, 0.3) is 11.0 Å². The van der Waals surface area contributed by atoms with Crippen LogP contribution in [0.2, 0.25) is 0 Å². The summed E-state index contributed by atoms with van der Waals surface area (Å²) < 4.78 is 55.0. The number of terminal acetylenes is 1. The number of hydrogen-bond donors (Lipinski definition) is 2. The Morgan fingerprint density at radius 2 is 2.11 bits per heavy atom. The Morgan fingerprint density at radius 3 is 2.79 bits per heavy atom. The van der Waals surface area contributed by atoms with Gasteiger partial charge in [0.25, 0.3) is 0 Å². The summed E-state index contributed by atoms with van der Waals surface area (Å²) in [4.78, 5) is 19.6. The molecule has 0 radical (unpaired) electrons. The fourth-order valence-corrected chi connectivity index (χ4v) is 3.86. The number of aromatic nitrogens is 2. The molecule has 0 unspecified atom stereocenters. The summed E-state index contributed by atoms with van der Waals surface area (Å²) in [6.07, 6.45) is 8.32. The number of pyridine rings is 1. The number of anilines is 1. The van der Waals surface area contributed by atoms with Crippen LogP contribution in [-0.2, 0) is 10.0 Å². The summed E-state index contributed by atoms with van der Waals surface area (Å²) >= 11 is 0. The molecule has 28 heavy (non-hydrogen) atoms. The number of rotatable bonds is 6. The number of halogens is 2. The number of benzene rings is 1. The lowest BCUT2D eigenvalue weighted by Crippen LogP contribution is -2.18. The summed E-state index contributed by atoms with van der Waals surface area (Å²) in [5.74, 6) is -1.24. The third kappa shape index (κ3) is 3.59. The molecule has 1 aromatic carbocycles. The first-order valence-corrected chi connectivity index (χ1v) is 9.89. The van der Waals surface area contributed by atoms with Crippen molar-refractivity contribution < 1.29 is 22.0 Å². The van der Waals surface area contributed by atoms with Crippen LogP contribution >= 0.6 is 0 Å². The normalized spacial score (nSPS) is 11.4.